The van der Waals surface area contributed by atoms with Crippen molar-refractivity contribution in [2.24, 2.45) is 0 Å². The van der Waals surface area contributed by atoms with Gasteiger partial charge >= 0.3 is 6.03 Å². The van der Waals surface area contributed by atoms with Gasteiger partial charge in [0.1, 0.15) is 5.75 Å². The number of hydrogen-bond acceptors (Lipinski definition) is 4. The van der Waals surface area contributed by atoms with Crippen LogP contribution < -0.4 is 20.9 Å². The van der Waals surface area contributed by atoms with Gasteiger partial charge in [-0.25, -0.2) is 9.78 Å². The van der Waals surface area contributed by atoms with Gasteiger partial charge in [-0.2, -0.15) is 0 Å². The minimum absolute atomic E-state index is 0.0931. The number of carbonyl (C=O) groups excluding carboxylic acids is 1. The molecule has 0 atom stereocenters. The number of hydrogen-bond donors (Lipinski definition) is 2. The molecule has 0 saturated heterocycles. The van der Waals surface area contributed by atoms with Crippen LogP contribution in [-0.2, 0) is 6.54 Å². The maximum absolute atomic E-state index is 12.0. The SMILES string of the molecule is COc1ccccc1NC(=O)NCCn1cnc(C)c(C)c1=O. The number of para-hydroxylation sites is 2. The number of amides is 2. The molecule has 7 nitrogen and oxygen atoms in total. The number of aromatic nitrogens is 2. The van der Waals surface area contributed by atoms with Gasteiger partial charge in [-0.05, 0) is 26.0 Å². The summed E-state index contributed by atoms with van der Waals surface area (Å²) < 4.78 is 6.64. The summed E-state index contributed by atoms with van der Waals surface area (Å²) in [5.41, 5.74) is 1.82. The van der Waals surface area contributed by atoms with Gasteiger partial charge in [0.15, 0.2) is 0 Å². The third-order valence-electron chi connectivity index (χ3n) is 3.51. The lowest BCUT2D eigenvalue weighted by molar-refractivity contribution is 0.251. The number of rotatable bonds is 5. The standard InChI is InChI=1S/C16H20N4O3/c1-11-12(2)18-10-20(15(11)21)9-8-17-16(22)19-13-6-4-5-7-14(13)23-3/h4-7,10H,8-9H2,1-3H3,(H2,17,19,22). The van der Waals surface area contributed by atoms with Crippen molar-refractivity contribution in [3.05, 3.63) is 52.2 Å². The van der Waals surface area contributed by atoms with Crippen LogP contribution >= 0.6 is 0 Å². The largest absolute Gasteiger partial charge is 0.495 e. The average Bonchev–Trinajstić information content (AvgIpc) is 2.55. The fourth-order valence-corrected chi connectivity index (χ4v) is 2.04. The molecule has 122 valence electrons. The van der Waals surface area contributed by atoms with Crippen molar-refractivity contribution in [1.82, 2.24) is 14.9 Å². The van der Waals surface area contributed by atoms with Crippen molar-refractivity contribution in [3.63, 3.8) is 0 Å². The summed E-state index contributed by atoms with van der Waals surface area (Å²) in [4.78, 5) is 28.1. The molecule has 1 aromatic heterocycles. The predicted octanol–water partition coefficient (Wildman–Crippen LogP) is 1.69. The van der Waals surface area contributed by atoms with Crippen molar-refractivity contribution < 1.29 is 9.53 Å². The quantitative estimate of drug-likeness (QED) is 0.879. The van der Waals surface area contributed by atoms with Gasteiger partial charge in [-0.3, -0.25) is 9.36 Å². The lowest BCUT2D eigenvalue weighted by Gasteiger charge is -2.12. The first-order valence-corrected chi connectivity index (χ1v) is 7.23. The fourth-order valence-electron chi connectivity index (χ4n) is 2.04. The van der Waals surface area contributed by atoms with E-state index in [0.29, 0.717) is 35.8 Å². The Bertz CT molecular complexity index is 755. The molecule has 2 N–H and O–H groups in total. The second-order valence-electron chi connectivity index (χ2n) is 5.03. The Morgan fingerprint density at radius 2 is 2.04 bits per heavy atom. The number of carbonyl (C=O) groups is 1. The van der Waals surface area contributed by atoms with E-state index in [1.54, 1.807) is 32.0 Å². The number of ether oxygens (including phenoxy) is 1. The van der Waals surface area contributed by atoms with E-state index in [9.17, 15) is 9.59 Å². The minimum Gasteiger partial charge on any atom is -0.495 e. The van der Waals surface area contributed by atoms with E-state index in [-0.39, 0.29) is 11.6 Å². The van der Waals surface area contributed by atoms with Gasteiger partial charge in [-0.1, -0.05) is 12.1 Å². The molecule has 0 fully saturated rings. The molecule has 1 aromatic carbocycles. The highest BCUT2D eigenvalue weighted by molar-refractivity contribution is 5.90. The topological polar surface area (TPSA) is 85.2 Å². The third-order valence-corrected chi connectivity index (χ3v) is 3.51. The molecule has 2 rings (SSSR count). The highest BCUT2D eigenvalue weighted by Crippen LogP contribution is 2.22. The predicted molar refractivity (Wildman–Crippen MR) is 88.0 cm³/mol. The first-order valence-electron chi connectivity index (χ1n) is 7.23. The van der Waals surface area contributed by atoms with Crippen LogP contribution in [-0.4, -0.2) is 29.2 Å². The van der Waals surface area contributed by atoms with Crippen LogP contribution in [0, 0.1) is 13.8 Å². The molecule has 0 aliphatic rings. The lowest BCUT2D eigenvalue weighted by Crippen LogP contribution is -2.34. The van der Waals surface area contributed by atoms with E-state index in [1.165, 1.54) is 18.0 Å². The summed E-state index contributed by atoms with van der Waals surface area (Å²) in [6, 6.07) is 6.77. The molecule has 0 spiro atoms. The van der Waals surface area contributed by atoms with E-state index in [2.05, 4.69) is 15.6 Å². The number of urea groups is 1. The zero-order valence-corrected chi connectivity index (χ0v) is 13.4. The maximum Gasteiger partial charge on any atom is 0.319 e. The molecule has 0 bridgehead atoms. The van der Waals surface area contributed by atoms with Crippen molar-refractivity contribution in [2.45, 2.75) is 20.4 Å². The monoisotopic (exact) mass is 316 g/mol. The van der Waals surface area contributed by atoms with Gasteiger partial charge in [-0.15, -0.1) is 0 Å². The molecule has 23 heavy (non-hydrogen) atoms. The lowest BCUT2D eigenvalue weighted by atomic mass is 10.3. The number of nitrogens with zero attached hydrogens (tertiary/aromatic N) is 2. The Morgan fingerprint density at radius 1 is 1.30 bits per heavy atom. The Hall–Kier alpha value is -2.83. The van der Waals surface area contributed by atoms with Crippen LogP contribution in [0.15, 0.2) is 35.4 Å². The van der Waals surface area contributed by atoms with E-state index < -0.39 is 0 Å². The van der Waals surface area contributed by atoms with Crippen LogP contribution in [0.5, 0.6) is 5.75 Å². The zero-order chi connectivity index (χ0) is 16.8. The van der Waals surface area contributed by atoms with E-state index in [4.69, 9.17) is 4.74 Å². The van der Waals surface area contributed by atoms with Gasteiger partial charge in [0, 0.05) is 24.3 Å². The van der Waals surface area contributed by atoms with Gasteiger partial charge in [0.25, 0.3) is 5.56 Å². The van der Waals surface area contributed by atoms with Crippen molar-refractivity contribution in [2.75, 3.05) is 19.0 Å². The fraction of sp³-hybridized carbons (Fsp3) is 0.312. The normalized spacial score (nSPS) is 10.2. The molecular weight excluding hydrogens is 296 g/mol. The second kappa shape index (κ2) is 7.44. The van der Waals surface area contributed by atoms with Crippen molar-refractivity contribution in [3.8, 4) is 5.75 Å². The molecule has 0 unspecified atom stereocenters. The first kappa shape index (κ1) is 16.5. The summed E-state index contributed by atoms with van der Waals surface area (Å²) in [7, 11) is 1.54. The van der Waals surface area contributed by atoms with Gasteiger partial charge < -0.3 is 15.4 Å². The smallest absolute Gasteiger partial charge is 0.319 e. The molecule has 0 aliphatic carbocycles. The number of benzene rings is 1. The van der Waals surface area contributed by atoms with Gasteiger partial charge in [0.2, 0.25) is 0 Å². The Kier molecular flexibility index (Phi) is 5.35. The Morgan fingerprint density at radius 3 is 2.78 bits per heavy atom. The highest BCUT2D eigenvalue weighted by Gasteiger charge is 2.07. The average molecular weight is 316 g/mol. The molecule has 2 aromatic rings. The van der Waals surface area contributed by atoms with Crippen LogP contribution in [0.1, 0.15) is 11.3 Å². The molecule has 0 saturated carbocycles. The number of aryl methyl sites for hydroxylation is 1. The van der Waals surface area contributed by atoms with E-state index in [0.717, 1.165) is 0 Å². The summed E-state index contributed by atoms with van der Waals surface area (Å²) in [5, 5.41) is 5.40. The van der Waals surface area contributed by atoms with Crippen LogP contribution in [0.3, 0.4) is 0 Å². The molecule has 7 heteroatoms. The summed E-state index contributed by atoms with van der Waals surface area (Å²) in [6.45, 7) is 4.19. The van der Waals surface area contributed by atoms with E-state index >= 15 is 0 Å². The molecule has 0 aliphatic heterocycles. The molecule has 1 heterocycles. The Balaban J connectivity index is 1.90. The van der Waals surface area contributed by atoms with Crippen LogP contribution in [0.4, 0.5) is 10.5 Å². The summed E-state index contributed by atoms with van der Waals surface area (Å²) in [5.74, 6) is 0.581. The number of anilines is 1. The minimum atomic E-state index is -0.362. The van der Waals surface area contributed by atoms with Gasteiger partial charge in [0.05, 0.1) is 19.1 Å². The Labute approximate surface area is 134 Å². The number of methoxy groups -OCH3 is 1. The maximum atomic E-state index is 12.0. The van der Waals surface area contributed by atoms with Crippen LogP contribution in [0.2, 0.25) is 0 Å². The van der Waals surface area contributed by atoms with Crippen molar-refractivity contribution in [1.29, 1.82) is 0 Å². The number of nitrogens with one attached hydrogen (secondary N) is 2. The highest BCUT2D eigenvalue weighted by atomic mass is 16.5. The summed E-state index contributed by atoms with van der Waals surface area (Å²) >= 11 is 0. The van der Waals surface area contributed by atoms with Crippen LogP contribution in [0.25, 0.3) is 0 Å². The third kappa shape index (κ3) is 4.09. The molecule has 2 amide bonds. The zero-order valence-electron chi connectivity index (χ0n) is 13.4. The molecule has 0 radical (unpaired) electrons. The first-order chi connectivity index (χ1) is 11.0. The molecular formula is C16H20N4O3. The second-order valence-corrected chi connectivity index (χ2v) is 5.03. The van der Waals surface area contributed by atoms with E-state index in [1.807, 2.05) is 6.07 Å². The summed E-state index contributed by atoms with van der Waals surface area (Å²) in [6.07, 6.45) is 1.49. The van der Waals surface area contributed by atoms with Crippen molar-refractivity contribution >= 4 is 11.7 Å².